The van der Waals surface area contributed by atoms with Crippen LogP contribution in [0.5, 0.6) is 0 Å². The molecule has 1 fully saturated rings. The first-order valence-electron chi connectivity index (χ1n) is 9.79. The molecule has 5 nitrogen and oxygen atoms in total. The van der Waals surface area contributed by atoms with Crippen molar-refractivity contribution in [3.05, 3.63) is 65.7 Å². The minimum atomic E-state index is -0.507. The Kier molecular flexibility index (Phi) is 5.39. The molecule has 4 rings (SSSR count). The van der Waals surface area contributed by atoms with Gasteiger partial charge in [0.05, 0.1) is 23.2 Å². The third kappa shape index (κ3) is 3.92. The van der Waals surface area contributed by atoms with Gasteiger partial charge in [-0.05, 0) is 42.7 Å². The molecule has 1 saturated carbocycles. The lowest BCUT2D eigenvalue weighted by atomic mass is 10.1. The predicted octanol–water partition coefficient (Wildman–Crippen LogP) is 3.65. The van der Waals surface area contributed by atoms with Gasteiger partial charge >= 0.3 is 0 Å². The number of hydrogen-bond acceptors (Lipinski definition) is 3. The van der Waals surface area contributed by atoms with Gasteiger partial charge in [-0.2, -0.15) is 0 Å². The van der Waals surface area contributed by atoms with E-state index < -0.39 is 6.10 Å². The molecule has 146 valence electrons. The number of nitrogens with one attached hydrogen (secondary N) is 1. The second-order valence-corrected chi connectivity index (χ2v) is 7.45. The molecule has 0 aliphatic heterocycles. The zero-order valence-corrected chi connectivity index (χ0v) is 15.6. The smallest absolute Gasteiger partial charge is 0.255 e. The van der Waals surface area contributed by atoms with Crippen molar-refractivity contribution in [1.82, 2.24) is 14.9 Å². The maximum absolute atomic E-state index is 13.2. The Morgan fingerprint density at radius 1 is 1.18 bits per heavy atom. The van der Waals surface area contributed by atoms with Crippen molar-refractivity contribution in [3.8, 4) is 0 Å². The second-order valence-electron chi connectivity index (χ2n) is 7.45. The molecule has 1 amide bonds. The normalized spacial score (nSPS) is 20.1. The fraction of sp³-hybridized carbons (Fsp3) is 0.364. The van der Waals surface area contributed by atoms with Crippen molar-refractivity contribution in [1.29, 1.82) is 0 Å². The monoisotopic (exact) mass is 381 g/mol. The first kappa shape index (κ1) is 18.6. The van der Waals surface area contributed by atoms with Crippen LogP contribution in [0.3, 0.4) is 0 Å². The Balaban J connectivity index is 1.61. The average molecular weight is 381 g/mol. The van der Waals surface area contributed by atoms with Gasteiger partial charge in [-0.25, -0.2) is 4.39 Å². The number of pyridine rings is 1. The number of aromatic nitrogens is 2. The second kappa shape index (κ2) is 8.10. The van der Waals surface area contributed by atoms with Gasteiger partial charge in [-0.1, -0.05) is 31.4 Å². The molecule has 6 heteroatoms. The standard InChI is InChI=1S/C22H24FN3O2/c23-16-10-8-15(9-11-16)13-26-14-17(21-19(26)6-4-12-24-21)22(28)25-18-5-2-1-3-7-20(18)27/h4,6,8-12,14,18,20,27H,1-3,5,7,13H2,(H,25,28)/t18?,20-/m0/s1. The number of carbonyl (C=O) groups is 1. The minimum absolute atomic E-state index is 0.215. The first-order chi connectivity index (χ1) is 13.6. The summed E-state index contributed by atoms with van der Waals surface area (Å²) < 4.78 is 15.1. The summed E-state index contributed by atoms with van der Waals surface area (Å²) in [6.45, 7) is 0.516. The van der Waals surface area contributed by atoms with Crippen molar-refractivity contribution in [2.75, 3.05) is 0 Å². The van der Waals surface area contributed by atoms with Gasteiger partial charge in [-0.15, -0.1) is 0 Å². The maximum Gasteiger partial charge on any atom is 0.255 e. The number of aliphatic hydroxyl groups is 1. The number of fused-ring (bicyclic) bond motifs is 1. The summed E-state index contributed by atoms with van der Waals surface area (Å²) in [6, 6.07) is 9.86. The molecule has 3 aromatic rings. The molecule has 1 aromatic carbocycles. The Bertz CT molecular complexity index is 968. The van der Waals surface area contributed by atoms with E-state index in [0.29, 0.717) is 17.6 Å². The molecular weight excluding hydrogens is 357 g/mol. The minimum Gasteiger partial charge on any atom is -0.391 e. The van der Waals surface area contributed by atoms with Crippen LogP contribution in [-0.4, -0.2) is 32.7 Å². The van der Waals surface area contributed by atoms with Crippen molar-refractivity contribution >= 4 is 16.9 Å². The van der Waals surface area contributed by atoms with Crippen LogP contribution in [-0.2, 0) is 6.54 Å². The quantitative estimate of drug-likeness (QED) is 0.678. The van der Waals surface area contributed by atoms with Crippen molar-refractivity contribution in [3.63, 3.8) is 0 Å². The molecule has 1 aliphatic rings. The first-order valence-corrected chi connectivity index (χ1v) is 9.79. The van der Waals surface area contributed by atoms with Crippen LogP contribution in [0.25, 0.3) is 11.0 Å². The number of benzene rings is 1. The molecule has 1 aliphatic carbocycles. The molecule has 2 heterocycles. The summed E-state index contributed by atoms with van der Waals surface area (Å²) in [4.78, 5) is 17.4. The summed E-state index contributed by atoms with van der Waals surface area (Å²) in [5.41, 5.74) is 2.91. The number of halogens is 1. The molecule has 0 saturated heterocycles. The van der Waals surface area contributed by atoms with Gasteiger partial charge in [0.2, 0.25) is 0 Å². The predicted molar refractivity (Wildman–Crippen MR) is 106 cm³/mol. The highest BCUT2D eigenvalue weighted by atomic mass is 19.1. The van der Waals surface area contributed by atoms with E-state index in [-0.39, 0.29) is 17.8 Å². The van der Waals surface area contributed by atoms with Crippen LogP contribution >= 0.6 is 0 Å². The molecule has 2 atom stereocenters. The van der Waals surface area contributed by atoms with Gasteiger partial charge in [0.25, 0.3) is 5.91 Å². The van der Waals surface area contributed by atoms with Crippen LogP contribution in [0.4, 0.5) is 4.39 Å². The molecule has 1 unspecified atom stereocenters. The lowest BCUT2D eigenvalue weighted by Crippen LogP contribution is -2.42. The van der Waals surface area contributed by atoms with Crippen LogP contribution in [0.15, 0.2) is 48.8 Å². The molecule has 28 heavy (non-hydrogen) atoms. The van der Waals surface area contributed by atoms with Gasteiger partial charge in [-0.3, -0.25) is 9.78 Å². The van der Waals surface area contributed by atoms with Crippen LogP contribution < -0.4 is 5.32 Å². The molecule has 2 N–H and O–H groups in total. The zero-order chi connectivity index (χ0) is 19.5. The van der Waals surface area contributed by atoms with E-state index in [4.69, 9.17) is 0 Å². The number of carbonyl (C=O) groups excluding carboxylic acids is 1. The molecule has 2 aromatic heterocycles. The van der Waals surface area contributed by atoms with Crippen molar-refractivity contribution in [2.24, 2.45) is 0 Å². The highest BCUT2D eigenvalue weighted by molar-refractivity contribution is 6.05. The summed E-state index contributed by atoms with van der Waals surface area (Å²) in [5, 5.41) is 13.3. The summed E-state index contributed by atoms with van der Waals surface area (Å²) in [5.74, 6) is -0.489. The van der Waals surface area contributed by atoms with E-state index in [1.165, 1.54) is 12.1 Å². The summed E-state index contributed by atoms with van der Waals surface area (Å²) >= 11 is 0. The topological polar surface area (TPSA) is 67.2 Å². The molecular formula is C22H24FN3O2. The third-order valence-corrected chi connectivity index (χ3v) is 5.44. The van der Waals surface area contributed by atoms with Crippen LogP contribution in [0.2, 0.25) is 0 Å². The highest BCUT2D eigenvalue weighted by Crippen LogP contribution is 2.23. The van der Waals surface area contributed by atoms with E-state index in [0.717, 1.165) is 43.2 Å². The summed E-state index contributed by atoms with van der Waals surface area (Å²) in [6.07, 6.45) is 7.54. The highest BCUT2D eigenvalue weighted by Gasteiger charge is 2.25. The maximum atomic E-state index is 13.2. The third-order valence-electron chi connectivity index (χ3n) is 5.44. The van der Waals surface area contributed by atoms with Crippen LogP contribution in [0, 0.1) is 5.82 Å². The molecule has 0 bridgehead atoms. The van der Waals surface area contributed by atoms with E-state index in [2.05, 4.69) is 10.3 Å². The zero-order valence-electron chi connectivity index (χ0n) is 15.6. The van der Waals surface area contributed by atoms with Gasteiger partial charge in [0.1, 0.15) is 11.3 Å². The van der Waals surface area contributed by atoms with Gasteiger partial charge in [0, 0.05) is 18.9 Å². The number of nitrogens with zero attached hydrogens (tertiary/aromatic N) is 2. The summed E-state index contributed by atoms with van der Waals surface area (Å²) in [7, 11) is 0. The number of aliphatic hydroxyl groups excluding tert-OH is 1. The van der Waals surface area contributed by atoms with Crippen LogP contribution in [0.1, 0.15) is 48.0 Å². The van der Waals surface area contributed by atoms with E-state index in [9.17, 15) is 14.3 Å². The van der Waals surface area contributed by atoms with Crippen molar-refractivity contribution in [2.45, 2.75) is 50.8 Å². The SMILES string of the molecule is O=C(NC1CCCCC[C@@H]1O)c1cn(Cc2ccc(F)cc2)c2cccnc12. The Morgan fingerprint density at radius 2 is 1.96 bits per heavy atom. The van der Waals surface area contributed by atoms with E-state index >= 15 is 0 Å². The molecule has 0 spiro atoms. The van der Waals surface area contributed by atoms with Gasteiger partial charge in [0.15, 0.2) is 0 Å². The Labute approximate surface area is 163 Å². The lowest BCUT2D eigenvalue weighted by Gasteiger charge is -2.21. The van der Waals surface area contributed by atoms with E-state index in [1.54, 1.807) is 24.5 Å². The Morgan fingerprint density at radius 3 is 2.79 bits per heavy atom. The fourth-order valence-electron chi connectivity index (χ4n) is 3.91. The van der Waals surface area contributed by atoms with Crippen molar-refractivity contribution < 1.29 is 14.3 Å². The largest absolute Gasteiger partial charge is 0.391 e. The fourth-order valence-corrected chi connectivity index (χ4v) is 3.91. The van der Waals surface area contributed by atoms with E-state index in [1.807, 2.05) is 16.7 Å². The molecule has 0 radical (unpaired) electrons. The average Bonchev–Trinajstić information content (AvgIpc) is 2.94. The Hall–Kier alpha value is -2.73. The number of rotatable bonds is 4. The van der Waals surface area contributed by atoms with Gasteiger partial charge < -0.3 is 15.0 Å². The number of hydrogen-bond donors (Lipinski definition) is 2. The lowest BCUT2D eigenvalue weighted by molar-refractivity contribution is 0.0820. The number of amides is 1.